The van der Waals surface area contributed by atoms with E-state index in [4.69, 9.17) is 11.5 Å². The minimum absolute atomic E-state index is 0.102. The first-order valence-corrected chi connectivity index (χ1v) is 4.47. The molecule has 0 bridgehead atoms. The molecule has 0 aliphatic carbocycles. The number of esters is 1. The van der Waals surface area contributed by atoms with E-state index in [1.54, 1.807) is 6.92 Å². The van der Waals surface area contributed by atoms with Crippen molar-refractivity contribution in [1.29, 1.82) is 0 Å². The van der Waals surface area contributed by atoms with Gasteiger partial charge in [-0.2, -0.15) is 0 Å². The molecule has 15 heavy (non-hydrogen) atoms. The molecule has 0 spiro atoms. The Morgan fingerprint density at radius 1 is 1.53 bits per heavy atom. The molecule has 0 saturated heterocycles. The van der Waals surface area contributed by atoms with Gasteiger partial charge in [0.25, 0.3) is 0 Å². The maximum Gasteiger partial charge on any atom is 0.325 e. The lowest BCUT2D eigenvalue weighted by molar-refractivity contribution is -0.141. The highest BCUT2D eigenvalue weighted by Gasteiger charge is 2.26. The number of carbonyl (C=O) groups is 2. The van der Waals surface area contributed by atoms with E-state index < -0.39 is 29.7 Å². The third-order valence-corrected chi connectivity index (χ3v) is 1.76. The van der Waals surface area contributed by atoms with Crippen molar-refractivity contribution in [2.45, 2.75) is 25.6 Å². The molecule has 0 aromatic heterocycles. The maximum absolute atomic E-state index is 13.0. The normalized spacial score (nSPS) is 14.1. The molecule has 5 nitrogen and oxygen atoms in total. The van der Waals surface area contributed by atoms with Gasteiger partial charge in [0.05, 0.1) is 6.54 Å². The van der Waals surface area contributed by atoms with E-state index in [0.717, 1.165) is 0 Å². The van der Waals surface area contributed by atoms with Crippen molar-refractivity contribution in [1.82, 2.24) is 0 Å². The predicted molar refractivity (Wildman–Crippen MR) is 52.5 cm³/mol. The summed E-state index contributed by atoms with van der Waals surface area (Å²) in [5.41, 5.74) is 10.2. The number of hydrogen-bond acceptors (Lipinski definition) is 5. The number of nitrogens with two attached hydrogens (primary N) is 2. The summed E-state index contributed by atoms with van der Waals surface area (Å²) in [6, 6.07) is -1.35. The first-order chi connectivity index (χ1) is 6.93. The summed E-state index contributed by atoms with van der Waals surface area (Å²) in [7, 11) is 0. The van der Waals surface area contributed by atoms with Gasteiger partial charge in [-0.05, 0) is 6.42 Å². The molecule has 0 aliphatic rings. The van der Waals surface area contributed by atoms with Crippen LogP contribution in [0.1, 0.15) is 13.3 Å². The molecule has 0 aromatic carbocycles. The van der Waals surface area contributed by atoms with Crippen LogP contribution in [-0.4, -0.2) is 30.5 Å². The van der Waals surface area contributed by atoms with E-state index in [0.29, 0.717) is 0 Å². The summed E-state index contributed by atoms with van der Waals surface area (Å²) < 4.78 is 17.4. The molecule has 86 valence electrons. The molecule has 0 saturated carbocycles. The Hall–Kier alpha value is -1.27. The molecular weight excluding hydrogens is 203 g/mol. The average Bonchev–Trinajstić information content (AvgIpc) is 2.25. The lowest BCUT2D eigenvalue weighted by atomic mass is 10.1. The van der Waals surface area contributed by atoms with Crippen molar-refractivity contribution in [3.63, 3.8) is 0 Å². The number of hydrogen-bond donors (Lipinski definition) is 2. The second kappa shape index (κ2) is 6.26. The van der Waals surface area contributed by atoms with Gasteiger partial charge in [0.2, 0.25) is 5.78 Å². The number of halogens is 1. The van der Waals surface area contributed by atoms with Crippen molar-refractivity contribution >= 4 is 11.8 Å². The van der Waals surface area contributed by atoms with Crippen LogP contribution in [0.3, 0.4) is 0 Å². The van der Waals surface area contributed by atoms with Gasteiger partial charge >= 0.3 is 5.97 Å². The quantitative estimate of drug-likeness (QED) is 0.361. The molecule has 0 fully saturated rings. The van der Waals surface area contributed by atoms with Crippen LogP contribution in [0.4, 0.5) is 4.39 Å². The number of ether oxygens (including phenoxy) is 1. The van der Waals surface area contributed by atoms with E-state index in [1.165, 1.54) is 0 Å². The summed E-state index contributed by atoms with van der Waals surface area (Å²) in [5, 5.41) is 0. The minimum atomic E-state index is -1.48. The monoisotopic (exact) mass is 218 g/mol. The van der Waals surface area contributed by atoms with Gasteiger partial charge in [-0.1, -0.05) is 13.5 Å². The molecule has 0 aliphatic heterocycles. The molecule has 0 aromatic rings. The average molecular weight is 218 g/mol. The zero-order valence-corrected chi connectivity index (χ0v) is 8.53. The second-order valence-corrected chi connectivity index (χ2v) is 2.92. The second-order valence-electron chi connectivity index (χ2n) is 2.92. The Bertz CT molecular complexity index is 268. The largest absolute Gasteiger partial charge is 0.422 e. The number of carbonyl (C=O) groups excluding carboxylic acids is 2. The number of Topliss-reactive ketones (excluding diaryl/α,β-unsaturated/α-hetero) is 1. The Labute approximate surface area is 87.3 Å². The molecule has 1 unspecified atom stereocenters. The SMILES string of the molecule is C=C(OC(=O)CN)C(=O)[C@@H](N)C(F)CC. The summed E-state index contributed by atoms with van der Waals surface area (Å²) in [6.45, 7) is 4.35. The summed E-state index contributed by atoms with van der Waals surface area (Å²) >= 11 is 0. The van der Waals surface area contributed by atoms with E-state index in [1.807, 2.05) is 0 Å². The van der Waals surface area contributed by atoms with Crippen molar-refractivity contribution < 1.29 is 18.7 Å². The first kappa shape index (κ1) is 13.7. The van der Waals surface area contributed by atoms with Crippen LogP contribution < -0.4 is 11.5 Å². The third kappa shape index (κ3) is 4.18. The van der Waals surface area contributed by atoms with Crippen molar-refractivity contribution in [3.8, 4) is 0 Å². The van der Waals surface area contributed by atoms with Gasteiger partial charge in [0.1, 0.15) is 12.2 Å². The predicted octanol–water partition coefficient (Wildman–Crippen LogP) is -0.354. The summed E-state index contributed by atoms with van der Waals surface area (Å²) in [4.78, 5) is 22.0. The molecule has 0 amide bonds. The maximum atomic E-state index is 13.0. The fourth-order valence-electron chi connectivity index (χ4n) is 0.833. The molecule has 6 heteroatoms. The third-order valence-electron chi connectivity index (χ3n) is 1.76. The van der Waals surface area contributed by atoms with Crippen molar-refractivity contribution in [2.24, 2.45) is 11.5 Å². The fraction of sp³-hybridized carbons (Fsp3) is 0.556. The van der Waals surface area contributed by atoms with Crippen molar-refractivity contribution in [3.05, 3.63) is 12.3 Å². The van der Waals surface area contributed by atoms with Gasteiger partial charge in [0, 0.05) is 0 Å². The van der Waals surface area contributed by atoms with Gasteiger partial charge in [-0.25, -0.2) is 4.39 Å². The Kier molecular flexibility index (Phi) is 5.73. The van der Waals surface area contributed by atoms with Gasteiger partial charge in [-0.15, -0.1) is 0 Å². The van der Waals surface area contributed by atoms with Crippen LogP contribution in [-0.2, 0) is 14.3 Å². The van der Waals surface area contributed by atoms with Crippen LogP contribution in [0.5, 0.6) is 0 Å². The minimum Gasteiger partial charge on any atom is -0.422 e. The molecular formula is C9H15FN2O3. The van der Waals surface area contributed by atoms with Crippen LogP contribution in [0.2, 0.25) is 0 Å². The molecule has 4 N–H and O–H groups in total. The lowest BCUT2D eigenvalue weighted by Gasteiger charge is -2.14. The lowest BCUT2D eigenvalue weighted by Crippen LogP contribution is -2.40. The molecule has 0 heterocycles. The van der Waals surface area contributed by atoms with E-state index in [9.17, 15) is 14.0 Å². The first-order valence-electron chi connectivity index (χ1n) is 4.47. The van der Waals surface area contributed by atoms with Crippen LogP contribution in [0, 0.1) is 0 Å². The zero-order chi connectivity index (χ0) is 12.0. The topological polar surface area (TPSA) is 95.4 Å². The van der Waals surface area contributed by atoms with Gasteiger partial charge in [-0.3, -0.25) is 9.59 Å². The zero-order valence-electron chi connectivity index (χ0n) is 8.53. The molecule has 0 rings (SSSR count). The number of alkyl halides is 1. The number of rotatable bonds is 6. The van der Waals surface area contributed by atoms with Crippen LogP contribution in [0.15, 0.2) is 12.3 Å². The fourth-order valence-corrected chi connectivity index (χ4v) is 0.833. The number of ketones is 1. The van der Waals surface area contributed by atoms with Crippen LogP contribution in [0.25, 0.3) is 0 Å². The van der Waals surface area contributed by atoms with Crippen molar-refractivity contribution in [2.75, 3.05) is 6.54 Å². The highest BCUT2D eigenvalue weighted by molar-refractivity contribution is 5.99. The summed E-state index contributed by atoms with van der Waals surface area (Å²) in [6.07, 6.45) is -1.38. The Morgan fingerprint density at radius 2 is 2.07 bits per heavy atom. The highest BCUT2D eigenvalue weighted by Crippen LogP contribution is 2.08. The Balaban J connectivity index is 4.32. The standard InChI is InChI=1S/C9H15FN2O3/c1-3-6(10)8(12)9(14)5(2)15-7(13)4-11/h6,8H,2-4,11-12H2,1H3/t6?,8-/m0/s1. The van der Waals surface area contributed by atoms with Gasteiger partial charge < -0.3 is 16.2 Å². The highest BCUT2D eigenvalue weighted by atomic mass is 19.1. The smallest absolute Gasteiger partial charge is 0.325 e. The van der Waals surface area contributed by atoms with Gasteiger partial charge in [0.15, 0.2) is 5.76 Å². The van der Waals surface area contributed by atoms with E-state index in [2.05, 4.69) is 11.3 Å². The summed E-state index contributed by atoms with van der Waals surface area (Å²) in [5.74, 6) is -2.12. The molecule has 2 atom stereocenters. The molecule has 0 radical (unpaired) electrons. The Morgan fingerprint density at radius 3 is 2.47 bits per heavy atom. The van der Waals surface area contributed by atoms with E-state index in [-0.39, 0.29) is 13.0 Å². The van der Waals surface area contributed by atoms with E-state index >= 15 is 0 Å². The van der Waals surface area contributed by atoms with Crippen LogP contribution >= 0.6 is 0 Å².